The van der Waals surface area contributed by atoms with E-state index < -0.39 is 12.1 Å². The van der Waals surface area contributed by atoms with Crippen molar-refractivity contribution in [3.05, 3.63) is 0 Å². The van der Waals surface area contributed by atoms with E-state index in [1.165, 1.54) is 6.92 Å². The molecule has 0 aromatic carbocycles. The molecule has 0 aromatic heterocycles. The van der Waals surface area contributed by atoms with Crippen LogP contribution >= 0.6 is 0 Å². The molecule has 0 radical (unpaired) electrons. The summed E-state index contributed by atoms with van der Waals surface area (Å²) < 4.78 is 10.6. The third-order valence-electron chi connectivity index (χ3n) is 7.40. The Balaban J connectivity index is 1.38. The molecule has 9 nitrogen and oxygen atoms in total. The van der Waals surface area contributed by atoms with Crippen LogP contribution in [0.2, 0.25) is 0 Å². The second kappa shape index (κ2) is 13.3. The van der Waals surface area contributed by atoms with Crippen LogP contribution in [0.3, 0.4) is 0 Å². The summed E-state index contributed by atoms with van der Waals surface area (Å²) in [4.78, 5) is 52.6. The number of Topliss-reactive ketones (excluding diaryl/α,β-unsaturated/α-hetero) is 1. The molecule has 4 atom stereocenters. The van der Waals surface area contributed by atoms with Crippen molar-refractivity contribution >= 4 is 23.8 Å². The molecule has 37 heavy (non-hydrogen) atoms. The highest BCUT2D eigenvalue weighted by Gasteiger charge is 2.49. The van der Waals surface area contributed by atoms with Gasteiger partial charge in [0.15, 0.2) is 0 Å². The van der Waals surface area contributed by atoms with Crippen LogP contribution < -0.4 is 5.32 Å². The molecule has 0 aromatic rings. The van der Waals surface area contributed by atoms with Gasteiger partial charge in [-0.3, -0.25) is 19.3 Å². The summed E-state index contributed by atoms with van der Waals surface area (Å²) in [6.07, 6.45) is 4.15. The number of esters is 1. The van der Waals surface area contributed by atoms with E-state index in [1.54, 1.807) is 4.90 Å². The van der Waals surface area contributed by atoms with Crippen molar-refractivity contribution < 1.29 is 28.7 Å². The molecule has 1 aliphatic heterocycles. The minimum absolute atomic E-state index is 0.0884. The third-order valence-corrected chi connectivity index (χ3v) is 7.40. The first-order valence-corrected chi connectivity index (χ1v) is 13.6. The number of nitrogens with one attached hydrogen (secondary N) is 1. The SMILES string of the molecule is CC(=O)OCC1CN(C(=O)CCNC(=O)OCC2[C@H]3CCC#CCC[C@@H]23)CCN1CC(=O)CC(C)(C)C. The van der Waals surface area contributed by atoms with Crippen LogP contribution in [-0.4, -0.2) is 85.5 Å². The van der Waals surface area contributed by atoms with Gasteiger partial charge in [0.1, 0.15) is 12.4 Å². The molecule has 2 fully saturated rings. The van der Waals surface area contributed by atoms with E-state index in [9.17, 15) is 19.2 Å². The summed E-state index contributed by atoms with van der Waals surface area (Å²) in [7, 11) is 0. The fourth-order valence-electron chi connectivity index (χ4n) is 5.51. The topological polar surface area (TPSA) is 105 Å². The Morgan fingerprint density at radius 1 is 0.973 bits per heavy atom. The van der Waals surface area contributed by atoms with Crippen LogP contribution in [-0.2, 0) is 23.9 Å². The summed E-state index contributed by atoms with van der Waals surface area (Å²) in [5.41, 5.74) is -0.0982. The zero-order chi connectivity index (χ0) is 27.0. The number of ketones is 1. The number of nitrogens with zero attached hydrogens (tertiary/aromatic N) is 2. The first kappa shape index (κ1) is 29.0. The summed E-state index contributed by atoms with van der Waals surface area (Å²) in [5.74, 6) is 7.68. The molecule has 1 N–H and O–H groups in total. The van der Waals surface area contributed by atoms with Crippen LogP contribution in [0.4, 0.5) is 4.79 Å². The lowest BCUT2D eigenvalue weighted by Crippen LogP contribution is -2.57. The number of amides is 2. The lowest BCUT2D eigenvalue weighted by Gasteiger charge is -2.41. The summed E-state index contributed by atoms with van der Waals surface area (Å²) in [5, 5.41) is 2.69. The number of hydrogen-bond donors (Lipinski definition) is 1. The Morgan fingerprint density at radius 2 is 1.65 bits per heavy atom. The van der Waals surface area contributed by atoms with Crippen molar-refractivity contribution in [2.45, 2.75) is 72.3 Å². The number of carbonyl (C=O) groups is 4. The van der Waals surface area contributed by atoms with Gasteiger partial charge in [0, 0.05) is 58.8 Å². The number of rotatable bonds is 10. The second-order valence-electron chi connectivity index (χ2n) is 11.7. The molecule has 1 heterocycles. The fraction of sp³-hybridized carbons (Fsp3) is 0.786. The van der Waals surface area contributed by atoms with Crippen molar-refractivity contribution in [2.24, 2.45) is 23.2 Å². The maximum atomic E-state index is 12.8. The Hall–Kier alpha value is -2.60. The smallest absolute Gasteiger partial charge is 0.407 e. The second-order valence-corrected chi connectivity index (χ2v) is 11.7. The molecule has 0 bridgehead atoms. The third kappa shape index (κ3) is 9.66. The van der Waals surface area contributed by atoms with E-state index in [1.807, 2.05) is 25.7 Å². The fourth-order valence-corrected chi connectivity index (χ4v) is 5.51. The minimum Gasteiger partial charge on any atom is -0.464 e. The number of carbonyl (C=O) groups excluding carboxylic acids is 4. The van der Waals surface area contributed by atoms with Gasteiger partial charge in [-0.1, -0.05) is 20.8 Å². The molecule has 1 saturated carbocycles. The molecular formula is C28H43N3O6. The van der Waals surface area contributed by atoms with Crippen LogP contribution in [0, 0.1) is 35.0 Å². The van der Waals surface area contributed by atoms with Crippen molar-refractivity contribution in [1.82, 2.24) is 15.1 Å². The summed E-state index contributed by atoms with van der Waals surface area (Å²) >= 11 is 0. The van der Waals surface area contributed by atoms with Gasteiger partial charge in [-0.05, 0) is 36.0 Å². The molecule has 9 heteroatoms. The normalized spacial score (nSPS) is 25.5. The van der Waals surface area contributed by atoms with E-state index in [0.29, 0.717) is 50.4 Å². The molecule has 206 valence electrons. The van der Waals surface area contributed by atoms with Gasteiger partial charge in [-0.15, -0.1) is 11.8 Å². The van der Waals surface area contributed by atoms with Crippen LogP contribution in [0.5, 0.6) is 0 Å². The molecule has 3 aliphatic rings. The largest absolute Gasteiger partial charge is 0.464 e. The highest BCUT2D eigenvalue weighted by molar-refractivity contribution is 5.81. The van der Waals surface area contributed by atoms with Crippen LogP contribution in [0.15, 0.2) is 0 Å². The summed E-state index contributed by atoms with van der Waals surface area (Å²) in [6, 6.07) is -0.246. The first-order chi connectivity index (χ1) is 17.5. The number of piperazine rings is 1. The van der Waals surface area contributed by atoms with E-state index in [4.69, 9.17) is 9.47 Å². The Kier molecular flexibility index (Phi) is 10.4. The Bertz CT molecular complexity index is 884. The van der Waals surface area contributed by atoms with Gasteiger partial charge >= 0.3 is 12.1 Å². The number of hydrogen-bond acceptors (Lipinski definition) is 7. The maximum Gasteiger partial charge on any atom is 0.407 e. The maximum absolute atomic E-state index is 12.8. The van der Waals surface area contributed by atoms with Crippen molar-refractivity contribution in [3.63, 3.8) is 0 Å². The van der Waals surface area contributed by atoms with Crippen molar-refractivity contribution in [2.75, 3.05) is 45.9 Å². The van der Waals surface area contributed by atoms with Crippen LogP contribution in [0.1, 0.15) is 66.2 Å². The molecule has 2 unspecified atom stereocenters. The van der Waals surface area contributed by atoms with Gasteiger partial charge in [-0.25, -0.2) is 4.79 Å². The Labute approximate surface area is 221 Å². The Morgan fingerprint density at radius 3 is 2.27 bits per heavy atom. The lowest BCUT2D eigenvalue weighted by atomic mass is 9.89. The average Bonchev–Trinajstić information content (AvgIpc) is 3.44. The van der Waals surface area contributed by atoms with Crippen molar-refractivity contribution in [1.29, 1.82) is 0 Å². The monoisotopic (exact) mass is 517 g/mol. The lowest BCUT2D eigenvalue weighted by molar-refractivity contribution is -0.145. The van der Waals surface area contributed by atoms with E-state index >= 15 is 0 Å². The number of alkyl carbamates (subject to hydrolysis) is 1. The van der Waals surface area contributed by atoms with E-state index in [-0.39, 0.29) is 49.3 Å². The number of ether oxygens (including phenoxy) is 2. The first-order valence-electron chi connectivity index (χ1n) is 13.6. The zero-order valence-electron chi connectivity index (χ0n) is 22.8. The number of fused-ring (bicyclic) bond motifs is 1. The predicted molar refractivity (Wildman–Crippen MR) is 138 cm³/mol. The standard InChI is InChI=1S/C28H43N3O6/c1-20(32)36-18-21-16-31(14-13-30(21)17-22(33)15-28(2,3)4)26(34)11-12-29-27(35)37-19-25-23-9-7-5-6-8-10-24(23)25/h21,23-25H,7-19H2,1-4H3,(H,29,35)/t21?,23-,24+,25?. The van der Waals surface area contributed by atoms with Crippen molar-refractivity contribution in [3.8, 4) is 11.8 Å². The zero-order valence-corrected chi connectivity index (χ0v) is 22.8. The molecule has 3 rings (SSSR count). The molecule has 2 aliphatic carbocycles. The van der Waals surface area contributed by atoms with Gasteiger partial charge in [-0.2, -0.15) is 0 Å². The highest BCUT2D eigenvalue weighted by atomic mass is 16.5. The molecule has 0 spiro atoms. The quantitative estimate of drug-likeness (QED) is 0.351. The van der Waals surface area contributed by atoms with Gasteiger partial charge in [0.05, 0.1) is 19.2 Å². The van der Waals surface area contributed by atoms with E-state index in [2.05, 4.69) is 17.2 Å². The summed E-state index contributed by atoms with van der Waals surface area (Å²) in [6.45, 7) is 9.82. The van der Waals surface area contributed by atoms with Gasteiger partial charge in [0.25, 0.3) is 0 Å². The minimum atomic E-state index is -0.488. The van der Waals surface area contributed by atoms with Gasteiger partial charge < -0.3 is 19.7 Å². The molecular weight excluding hydrogens is 474 g/mol. The highest BCUT2D eigenvalue weighted by Crippen LogP contribution is 2.52. The van der Waals surface area contributed by atoms with Gasteiger partial charge in [0.2, 0.25) is 5.91 Å². The predicted octanol–water partition coefficient (Wildman–Crippen LogP) is 2.62. The molecule has 2 amide bonds. The molecule has 1 saturated heterocycles. The average molecular weight is 518 g/mol. The van der Waals surface area contributed by atoms with E-state index in [0.717, 1.165) is 25.7 Å². The van der Waals surface area contributed by atoms with Crippen LogP contribution in [0.25, 0.3) is 0 Å².